The molecular weight excluding hydrogens is 442 g/mol. The summed E-state index contributed by atoms with van der Waals surface area (Å²) in [7, 11) is 1.80. The van der Waals surface area contributed by atoms with Gasteiger partial charge >= 0.3 is 0 Å². The maximum Gasteiger partial charge on any atom is 0.257 e. The average molecular weight is 455 g/mol. The topological polar surface area (TPSA) is 38.1 Å². The van der Waals surface area contributed by atoms with Crippen LogP contribution in [0.1, 0.15) is 15.2 Å². The molecule has 0 aliphatic heterocycles. The molecule has 2 aromatic heterocycles. The van der Waals surface area contributed by atoms with Gasteiger partial charge < -0.3 is 4.90 Å². The molecule has 3 rings (SSSR count). The van der Waals surface area contributed by atoms with Gasteiger partial charge in [-0.1, -0.05) is 15.9 Å². The van der Waals surface area contributed by atoms with Crippen molar-refractivity contribution in [3.63, 3.8) is 0 Å². The van der Waals surface area contributed by atoms with Crippen LogP contribution in [0.4, 0.5) is 0 Å². The number of thiophene rings is 1. The highest BCUT2D eigenvalue weighted by atomic mass is 79.9. The van der Waals surface area contributed by atoms with E-state index < -0.39 is 0 Å². The van der Waals surface area contributed by atoms with Crippen LogP contribution < -0.4 is 0 Å². The molecule has 4 nitrogen and oxygen atoms in total. The van der Waals surface area contributed by atoms with Crippen molar-refractivity contribution in [1.29, 1.82) is 0 Å². The minimum absolute atomic E-state index is 0.0436. The van der Waals surface area contributed by atoms with Gasteiger partial charge in [-0.3, -0.25) is 4.79 Å². The summed E-state index contributed by atoms with van der Waals surface area (Å²) in [6.07, 6.45) is 3.36. The zero-order chi connectivity index (χ0) is 16.4. The lowest BCUT2D eigenvalue weighted by Gasteiger charge is -2.14. The zero-order valence-corrected chi connectivity index (χ0v) is 16.2. The molecule has 0 unspecified atom stereocenters. The quantitative estimate of drug-likeness (QED) is 0.571. The fourth-order valence-electron chi connectivity index (χ4n) is 2.13. The van der Waals surface area contributed by atoms with Crippen molar-refractivity contribution in [3.05, 3.63) is 67.5 Å². The van der Waals surface area contributed by atoms with Crippen molar-refractivity contribution < 1.29 is 4.79 Å². The summed E-state index contributed by atoms with van der Waals surface area (Å²) in [6.45, 7) is 0.582. The SMILES string of the molecule is CN(Cc1cc(Br)cs1)C(=O)c1cnn(-c2ccc(Br)cc2)c1. The molecule has 0 aliphatic carbocycles. The van der Waals surface area contributed by atoms with Crippen LogP contribution in [0.2, 0.25) is 0 Å². The molecule has 2 heterocycles. The van der Waals surface area contributed by atoms with Crippen LogP contribution in [-0.4, -0.2) is 27.6 Å². The summed E-state index contributed by atoms with van der Waals surface area (Å²) < 4.78 is 3.75. The molecule has 0 atom stereocenters. The molecular formula is C16H13Br2N3OS. The third-order valence-electron chi connectivity index (χ3n) is 3.28. The predicted molar refractivity (Wildman–Crippen MR) is 99.1 cm³/mol. The van der Waals surface area contributed by atoms with Gasteiger partial charge in [0, 0.05) is 32.4 Å². The molecule has 7 heteroatoms. The molecule has 0 saturated carbocycles. The van der Waals surface area contributed by atoms with Crippen LogP contribution in [0.25, 0.3) is 5.69 Å². The minimum atomic E-state index is -0.0436. The second-order valence-electron chi connectivity index (χ2n) is 5.04. The van der Waals surface area contributed by atoms with Gasteiger partial charge in [-0.15, -0.1) is 11.3 Å². The number of carbonyl (C=O) groups excluding carboxylic acids is 1. The lowest BCUT2D eigenvalue weighted by atomic mass is 10.3. The van der Waals surface area contributed by atoms with Crippen molar-refractivity contribution in [2.24, 2.45) is 0 Å². The Balaban J connectivity index is 1.74. The smallest absolute Gasteiger partial charge is 0.257 e. The van der Waals surface area contributed by atoms with Crippen LogP contribution in [0.5, 0.6) is 0 Å². The third-order valence-corrected chi connectivity index (χ3v) is 5.49. The number of aromatic nitrogens is 2. The van der Waals surface area contributed by atoms with E-state index in [-0.39, 0.29) is 5.91 Å². The Morgan fingerprint density at radius 2 is 2.00 bits per heavy atom. The molecule has 0 bridgehead atoms. The fraction of sp³-hybridized carbons (Fsp3) is 0.125. The number of carbonyl (C=O) groups is 1. The van der Waals surface area contributed by atoms with Gasteiger partial charge in [-0.25, -0.2) is 4.68 Å². The first kappa shape index (κ1) is 16.4. The lowest BCUT2D eigenvalue weighted by Crippen LogP contribution is -2.25. The first-order valence-electron chi connectivity index (χ1n) is 6.82. The zero-order valence-electron chi connectivity index (χ0n) is 12.2. The van der Waals surface area contributed by atoms with E-state index in [2.05, 4.69) is 37.0 Å². The molecule has 0 saturated heterocycles. The van der Waals surface area contributed by atoms with Gasteiger partial charge in [-0.05, 0) is 46.3 Å². The highest BCUT2D eigenvalue weighted by Crippen LogP contribution is 2.21. The van der Waals surface area contributed by atoms with E-state index >= 15 is 0 Å². The average Bonchev–Trinajstić information content (AvgIpc) is 3.16. The van der Waals surface area contributed by atoms with Gasteiger partial charge in [0.05, 0.1) is 24.0 Å². The minimum Gasteiger partial charge on any atom is -0.336 e. The molecule has 1 amide bonds. The Kier molecular flexibility index (Phi) is 4.99. The Morgan fingerprint density at radius 3 is 2.65 bits per heavy atom. The van der Waals surface area contributed by atoms with Crippen LogP contribution >= 0.6 is 43.2 Å². The Labute approximate surface area is 155 Å². The first-order chi connectivity index (χ1) is 11.0. The number of halogens is 2. The standard InChI is InChI=1S/C16H13Br2N3OS/c1-20(9-15-6-13(18)10-23-15)16(22)11-7-19-21(8-11)14-4-2-12(17)3-5-14/h2-8,10H,9H2,1H3. The summed E-state index contributed by atoms with van der Waals surface area (Å²) in [5.74, 6) is -0.0436. The highest BCUT2D eigenvalue weighted by molar-refractivity contribution is 9.10. The Hall–Kier alpha value is -1.44. The molecule has 0 fully saturated rings. The van der Waals surface area contributed by atoms with Crippen molar-refractivity contribution >= 4 is 49.1 Å². The van der Waals surface area contributed by atoms with Crippen molar-refractivity contribution in [1.82, 2.24) is 14.7 Å². The second-order valence-corrected chi connectivity index (χ2v) is 7.87. The number of hydrogen-bond donors (Lipinski definition) is 0. The Bertz CT molecular complexity index is 826. The molecule has 23 heavy (non-hydrogen) atoms. The molecule has 1 aromatic carbocycles. The van der Waals surface area contributed by atoms with E-state index in [0.717, 1.165) is 19.5 Å². The van der Waals surface area contributed by atoms with E-state index in [1.165, 1.54) is 0 Å². The number of amides is 1. The first-order valence-corrected chi connectivity index (χ1v) is 9.28. The van der Waals surface area contributed by atoms with Crippen LogP contribution in [0.15, 0.2) is 57.1 Å². The van der Waals surface area contributed by atoms with Crippen LogP contribution in [0.3, 0.4) is 0 Å². The molecule has 118 valence electrons. The third kappa shape index (κ3) is 3.91. The predicted octanol–water partition coefficient (Wildman–Crippen LogP) is 4.73. The van der Waals surface area contributed by atoms with Gasteiger partial charge in [0.25, 0.3) is 5.91 Å². The maximum atomic E-state index is 12.5. The molecule has 0 spiro atoms. The van der Waals surface area contributed by atoms with E-state index in [1.54, 1.807) is 40.4 Å². The van der Waals surface area contributed by atoms with E-state index in [9.17, 15) is 4.79 Å². The van der Waals surface area contributed by atoms with E-state index in [1.807, 2.05) is 35.7 Å². The normalized spacial score (nSPS) is 10.7. The van der Waals surface area contributed by atoms with Crippen LogP contribution in [-0.2, 0) is 6.54 Å². The molecule has 3 aromatic rings. The monoisotopic (exact) mass is 453 g/mol. The Morgan fingerprint density at radius 1 is 1.26 bits per heavy atom. The summed E-state index contributed by atoms with van der Waals surface area (Å²) in [5.41, 5.74) is 1.49. The molecule has 0 aliphatic rings. The van der Waals surface area contributed by atoms with Crippen LogP contribution in [0, 0.1) is 0 Å². The van der Waals surface area contributed by atoms with Gasteiger partial charge in [0.15, 0.2) is 0 Å². The number of nitrogens with zero attached hydrogens (tertiary/aromatic N) is 3. The maximum absolute atomic E-state index is 12.5. The summed E-state index contributed by atoms with van der Waals surface area (Å²) in [5, 5.41) is 6.29. The number of hydrogen-bond acceptors (Lipinski definition) is 3. The highest BCUT2D eigenvalue weighted by Gasteiger charge is 2.15. The van der Waals surface area contributed by atoms with Crippen molar-refractivity contribution in [2.75, 3.05) is 7.05 Å². The molecule has 0 N–H and O–H groups in total. The fourth-order valence-corrected chi connectivity index (χ4v) is 3.90. The van der Waals surface area contributed by atoms with Gasteiger partial charge in [0.1, 0.15) is 0 Å². The lowest BCUT2D eigenvalue weighted by molar-refractivity contribution is 0.0786. The summed E-state index contributed by atoms with van der Waals surface area (Å²) in [6, 6.07) is 9.80. The summed E-state index contributed by atoms with van der Waals surface area (Å²) >= 11 is 8.46. The van der Waals surface area contributed by atoms with Gasteiger partial charge in [-0.2, -0.15) is 5.10 Å². The van der Waals surface area contributed by atoms with E-state index in [4.69, 9.17) is 0 Å². The summed E-state index contributed by atoms with van der Waals surface area (Å²) in [4.78, 5) is 15.3. The largest absolute Gasteiger partial charge is 0.336 e. The van der Waals surface area contributed by atoms with E-state index in [0.29, 0.717) is 12.1 Å². The number of benzene rings is 1. The van der Waals surface area contributed by atoms with Crippen molar-refractivity contribution in [3.8, 4) is 5.69 Å². The van der Waals surface area contributed by atoms with Crippen molar-refractivity contribution in [2.45, 2.75) is 6.54 Å². The van der Waals surface area contributed by atoms with Gasteiger partial charge in [0.2, 0.25) is 0 Å². The molecule has 0 radical (unpaired) electrons. The second kappa shape index (κ2) is 6.98. The number of rotatable bonds is 4.